The molecule has 1 unspecified atom stereocenters. The molecule has 4 amide bonds. The van der Waals surface area contributed by atoms with Crippen LogP contribution < -0.4 is 16.4 Å². The number of nitrogens with zero attached hydrogens (tertiary/aromatic N) is 1. The van der Waals surface area contributed by atoms with Crippen LogP contribution in [0, 0.1) is 0 Å². The molecule has 0 aromatic heterocycles. The van der Waals surface area contributed by atoms with Gasteiger partial charge < -0.3 is 16.2 Å². The Hall–Kier alpha value is -2.62. The fourth-order valence-corrected chi connectivity index (χ4v) is 4.15. The number of aliphatic hydroxyl groups excluding tert-OH is 1. The van der Waals surface area contributed by atoms with E-state index in [1.54, 1.807) is 18.2 Å². The number of piperidine rings is 1. The quantitative estimate of drug-likeness (QED) is 0.488. The van der Waals surface area contributed by atoms with Crippen LogP contribution in [0.1, 0.15) is 52.0 Å². The first-order valence-corrected chi connectivity index (χ1v) is 9.36. The number of imide groups is 2. The molecule has 2 fully saturated rings. The van der Waals surface area contributed by atoms with Crippen molar-refractivity contribution >= 4 is 23.6 Å². The lowest BCUT2D eigenvalue weighted by molar-refractivity contribution is -0.136. The van der Waals surface area contributed by atoms with Crippen molar-refractivity contribution in [3.8, 4) is 0 Å². The number of nitrogens with one attached hydrogen (secondary N) is 2. The van der Waals surface area contributed by atoms with Crippen molar-refractivity contribution in [1.82, 2.24) is 15.5 Å². The molecule has 3 aliphatic rings. The van der Waals surface area contributed by atoms with Gasteiger partial charge in [0, 0.05) is 25.0 Å². The first-order valence-electron chi connectivity index (χ1n) is 9.36. The largest absolute Gasteiger partial charge is 0.391 e. The number of hydrogen-bond donors (Lipinski definition) is 4. The molecular formula is C19H22N4O5. The predicted molar refractivity (Wildman–Crippen MR) is 97.0 cm³/mol. The predicted octanol–water partition coefficient (Wildman–Crippen LogP) is -0.972. The van der Waals surface area contributed by atoms with Gasteiger partial charge in [0.05, 0.1) is 17.2 Å². The summed E-state index contributed by atoms with van der Waals surface area (Å²) in [5.74, 6) is -2.08. The second kappa shape index (κ2) is 7.08. The highest BCUT2D eigenvalue weighted by Gasteiger charge is 2.44. The minimum absolute atomic E-state index is 0.0335. The molecule has 1 saturated heterocycles. The number of nitrogens with two attached hydrogens (primary N) is 1. The number of carbonyl (C=O) groups is 4. The standard InChI is InChI=1S/C19H22N4O5/c20-10-6-13(15(24)7-10)21-8-9-1-2-11-12(5-9)19(28)23(18(11)27)14-3-4-16(25)22-17(14)26/h1-2,5,10,13-15,21,24H,3-4,6-8,20H2,(H,22,25,26)/t10-,13-,14?,15-/m0/s1. The Bertz CT molecular complexity index is 870. The molecule has 0 spiro atoms. The Labute approximate surface area is 161 Å². The van der Waals surface area contributed by atoms with Crippen LogP contribution in [-0.4, -0.2) is 57.9 Å². The smallest absolute Gasteiger partial charge is 0.262 e. The summed E-state index contributed by atoms with van der Waals surface area (Å²) in [5, 5.41) is 15.4. The normalized spacial score (nSPS) is 30.0. The van der Waals surface area contributed by atoms with Crippen molar-refractivity contribution in [2.75, 3.05) is 0 Å². The molecule has 9 nitrogen and oxygen atoms in total. The van der Waals surface area contributed by atoms with Crippen molar-refractivity contribution in [2.24, 2.45) is 5.73 Å². The van der Waals surface area contributed by atoms with Gasteiger partial charge in [-0.05, 0) is 37.0 Å². The van der Waals surface area contributed by atoms with E-state index in [0.29, 0.717) is 19.4 Å². The van der Waals surface area contributed by atoms with Crippen molar-refractivity contribution in [3.63, 3.8) is 0 Å². The molecule has 2 heterocycles. The topological polar surface area (TPSA) is 142 Å². The highest BCUT2D eigenvalue weighted by molar-refractivity contribution is 6.23. The average molecular weight is 386 g/mol. The molecule has 5 N–H and O–H groups in total. The molecule has 0 radical (unpaired) electrons. The second-order valence-corrected chi connectivity index (χ2v) is 7.61. The van der Waals surface area contributed by atoms with Gasteiger partial charge in [0.1, 0.15) is 6.04 Å². The summed E-state index contributed by atoms with van der Waals surface area (Å²) >= 11 is 0. The zero-order chi connectivity index (χ0) is 20.0. The van der Waals surface area contributed by atoms with Crippen LogP contribution >= 0.6 is 0 Å². The maximum atomic E-state index is 12.8. The molecular weight excluding hydrogens is 364 g/mol. The molecule has 4 rings (SSSR count). The number of rotatable bonds is 4. The fourth-order valence-electron chi connectivity index (χ4n) is 4.15. The lowest BCUT2D eigenvalue weighted by Gasteiger charge is -2.27. The zero-order valence-electron chi connectivity index (χ0n) is 15.2. The molecule has 1 aromatic carbocycles. The van der Waals surface area contributed by atoms with E-state index in [0.717, 1.165) is 10.5 Å². The second-order valence-electron chi connectivity index (χ2n) is 7.61. The van der Waals surface area contributed by atoms with Gasteiger partial charge in [0.15, 0.2) is 0 Å². The third kappa shape index (κ3) is 3.21. The maximum Gasteiger partial charge on any atom is 0.262 e. The molecule has 28 heavy (non-hydrogen) atoms. The first kappa shape index (κ1) is 18.7. The Kier molecular flexibility index (Phi) is 4.74. The van der Waals surface area contributed by atoms with Crippen molar-refractivity contribution in [3.05, 3.63) is 34.9 Å². The van der Waals surface area contributed by atoms with E-state index < -0.39 is 35.8 Å². The summed E-state index contributed by atoms with van der Waals surface area (Å²) in [4.78, 5) is 49.8. The van der Waals surface area contributed by atoms with Gasteiger partial charge in [-0.1, -0.05) is 6.07 Å². The van der Waals surface area contributed by atoms with Gasteiger partial charge in [-0.3, -0.25) is 29.4 Å². The van der Waals surface area contributed by atoms with Gasteiger partial charge in [0.2, 0.25) is 11.8 Å². The van der Waals surface area contributed by atoms with Gasteiger partial charge >= 0.3 is 0 Å². The Balaban J connectivity index is 1.49. The van der Waals surface area contributed by atoms with E-state index in [9.17, 15) is 24.3 Å². The Morgan fingerprint density at radius 3 is 2.57 bits per heavy atom. The van der Waals surface area contributed by atoms with Crippen molar-refractivity contribution < 1.29 is 24.3 Å². The van der Waals surface area contributed by atoms with Gasteiger partial charge in [-0.15, -0.1) is 0 Å². The number of aliphatic hydroxyl groups is 1. The molecule has 9 heteroatoms. The number of carbonyl (C=O) groups excluding carboxylic acids is 4. The van der Waals surface area contributed by atoms with E-state index in [-0.39, 0.29) is 36.1 Å². The zero-order valence-corrected chi connectivity index (χ0v) is 15.2. The number of hydrogen-bond acceptors (Lipinski definition) is 7. The van der Waals surface area contributed by atoms with Crippen LogP contribution in [0.5, 0.6) is 0 Å². The molecule has 1 aliphatic carbocycles. The summed E-state index contributed by atoms with van der Waals surface area (Å²) in [6.45, 7) is 0.418. The highest BCUT2D eigenvalue weighted by atomic mass is 16.3. The third-order valence-corrected chi connectivity index (χ3v) is 5.64. The number of benzene rings is 1. The molecule has 1 saturated carbocycles. The van der Waals surface area contributed by atoms with E-state index in [1.165, 1.54) is 0 Å². The van der Waals surface area contributed by atoms with Gasteiger partial charge in [-0.25, -0.2) is 0 Å². The lowest BCUT2D eigenvalue weighted by Crippen LogP contribution is -2.54. The first-order chi connectivity index (χ1) is 13.3. The van der Waals surface area contributed by atoms with Crippen LogP contribution in [0.15, 0.2) is 18.2 Å². The van der Waals surface area contributed by atoms with E-state index >= 15 is 0 Å². The van der Waals surface area contributed by atoms with Crippen LogP contribution in [0.25, 0.3) is 0 Å². The Morgan fingerprint density at radius 2 is 1.89 bits per heavy atom. The minimum Gasteiger partial charge on any atom is -0.391 e. The summed E-state index contributed by atoms with van der Waals surface area (Å²) in [7, 11) is 0. The summed E-state index contributed by atoms with van der Waals surface area (Å²) in [6, 6.07) is 3.84. The summed E-state index contributed by atoms with van der Waals surface area (Å²) in [6.07, 6.45) is 0.938. The van der Waals surface area contributed by atoms with E-state index in [1.807, 2.05) is 0 Å². The summed E-state index contributed by atoms with van der Waals surface area (Å²) < 4.78 is 0. The highest BCUT2D eigenvalue weighted by Crippen LogP contribution is 2.28. The molecule has 4 atom stereocenters. The van der Waals surface area contributed by atoms with Gasteiger partial charge in [-0.2, -0.15) is 0 Å². The minimum atomic E-state index is -0.971. The maximum absolute atomic E-state index is 12.8. The third-order valence-electron chi connectivity index (χ3n) is 5.64. The average Bonchev–Trinajstić information content (AvgIpc) is 3.10. The lowest BCUT2D eigenvalue weighted by atomic mass is 10.0. The van der Waals surface area contributed by atoms with Gasteiger partial charge in [0.25, 0.3) is 11.8 Å². The molecule has 148 valence electrons. The van der Waals surface area contributed by atoms with Crippen LogP contribution in [-0.2, 0) is 16.1 Å². The summed E-state index contributed by atoms with van der Waals surface area (Å²) in [5.41, 5.74) is 7.14. The van der Waals surface area contributed by atoms with Crippen molar-refractivity contribution in [2.45, 2.75) is 56.5 Å². The van der Waals surface area contributed by atoms with Crippen LogP contribution in [0.2, 0.25) is 0 Å². The van der Waals surface area contributed by atoms with Crippen molar-refractivity contribution in [1.29, 1.82) is 0 Å². The SMILES string of the molecule is N[C@H]1C[C@H](NCc2ccc3c(c2)C(=O)N(C2CCC(=O)NC2=O)C3=O)[C@@H](O)C1. The molecule has 0 bridgehead atoms. The van der Waals surface area contributed by atoms with E-state index in [2.05, 4.69) is 10.6 Å². The van der Waals surface area contributed by atoms with Crippen LogP contribution in [0.3, 0.4) is 0 Å². The molecule has 1 aromatic rings. The number of fused-ring (bicyclic) bond motifs is 1. The monoisotopic (exact) mass is 386 g/mol. The van der Waals surface area contributed by atoms with Crippen LogP contribution in [0.4, 0.5) is 0 Å². The molecule has 2 aliphatic heterocycles. The van der Waals surface area contributed by atoms with E-state index in [4.69, 9.17) is 5.73 Å². The fraction of sp³-hybridized carbons (Fsp3) is 0.474. The number of amides is 4. The Morgan fingerprint density at radius 1 is 1.14 bits per heavy atom.